The summed E-state index contributed by atoms with van der Waals surface area (Å²) in [5.41, 5.74) is 2.98. The van der Waals surface area contributed by atoms with Crippen LogP contribution in [0.2, 0.25) is 0 Å². The molecule has 0 radical (unpaired) electrons. The van der Waals surface area contributed by atoms with Crippen LogP contribution in [0.15, 0.2) is 80.8 Å². The van der Waals surface area contributed by atoms with E-state index >= 15 is 0 Å². The van der Waals surface area contributed by atoms with Gasteiger partial charge in [0.1, 0.15) is 17.1 Å². The van der Waals surface area contributed by atoms with E-state index in [-0.39, 0.29) is 10.3 Å². The quantitative estimate of drug-likeness (QED) is 0.458. The zero-order valence-corrected chi connectivity index (χ0v) is 18.6. The number of benzene rings is 3. The average Bonchev–Trinajstić information content (AvgIpc) is 2.79. The minimum atomic E-state index is -3.83. The second-order valence-electron chi connectivity index (χ2n) is 7.48. The number of hydrogen-bond acceptors (Lipinski definition) is 5. The Labute approximate surface area is 186 Å². The second kappa shape index (κ2) is 8.61. The topological polar surface area (TPSA) is 99.6 Å². The predicted octanol–water partition coefficient (Wildman–Crippen LogP) is 4.74. The number of methoxy groups -OCH3 is 1. The molecule has 4 aromatic rings. The number of nitrogens with two attached hydrogens (primary N) is 1. The Kier molecular flexibility index (Phi) is 5.86. The Morgan fingerprint density at radius 2 is 1.66 bits per heavy atom. The molecule has 4 rings (SSSR count). The summed E-state index contributed by atoms with van der Waals surface area (Å²) in [5, 5.41) is 5.70. The first-order valence-electron chi connectivity index (χ1n) is 10.2. The molecule has 2 N–H and O–H groups in total. The summed E-state index contributed by atoms with van der Waals surface area (Å²) in [5.74, 6) is 1.13. The molecule has 0 atom stereocenters. The van der Waals surface area contributed by atoms with Crippen LogP contribution in [-0.2, 0) is 16.4 Å². The molecule has 0 aliphatic rings. The Hall–Kier alpha value is -3.42. The maximum atomic E-state index is 13.6. The Bertz CT molecular complexity index is 1450. The molecule has 0 spiro atoms. The van der Waals surface area contributed by atoms with E-state index in [0.717, 1.165) is 24.2 Å². The van der Waals surface area contributed by atoms with E-state index in [0.29, 0.717) is 33.4 Å². The SMILES string of the molecule is CCCc1cc(-c2c(-c3ccc(S(N)(=O)=O)cc3)oc3ccccc3c2=O)ccc1OC. The molecule has 0 saturated heterocycles. The molecule has 32 heavy (non-hydrogen) atoms. The maximum absolute atomic E-state index is 13.6. The van der Waals surface area contributed by atoms with Gasteiger partial charge in [0.15, 0.2) is 0 Å². The van der Waals surface area contributed by atoms with E-state index in [1.165, 1.54) is 12.1 Å². The molecule has 0 amide bonds. The van der Waals surface area contributed by atoms with Gasteiger partial charge in [0.2, 0.25) is 15.5 Å². The highest BCUT2D eigenvalue weighted by atomic mass is 32.2. The van der Waals surface area contributed by atoms with Crippen molar-refractivity contribution >= 4 is 21.0 Å². The number of aryl methyl sites for hydroxylation is 1. The zero-order chi connectivity index (χ0) is 22.9. The summed E-state index contributed by atoms with van der Waals surface area (Å²) in [4.78, 5) is 13.6. The number of primary sulfonamides is 1. The average molecular weight is 450 g/mol. The molecule has 7 heteroatoms. The van der Waals surface area contributed by atoms with Crippen molar-refractivity contribution in [1.82, 2.24) is 0 Å². The number of sulfonamides is 1. The third-order valence-electron chi connectivity index (χ3n) is 5.33. The monoisotopic (exact) mass is 449 g/mol. The van der Waals surface area contributed by atoms with Crippen LogP contribution in [-0.4, -0.2) is 15.5 Å². The largest absolute Gasteiger partial charge is 0.496 e. The highest BCUT2D eigenvalue weighted by Crippen LogP contribution is 2.35. The summed E-state index contributed by atoms with van der Waals surface area (Å²) in [6, 6.07) is 18.7. The van der Waals surface area contributed by atoms with Crippen molar-refractivity contribution in [2.45, 2.75) is 24.7 Å². The molecule has 0 bridgehead atoms. The van der Waals surface area contributed by atoms with E-state index in [1.807, 2.05) is 18.2 Å². The van der Waals surface area contributed by atoms with Crippen molar-refractivity contribution in [1.29, 1.82) is 0 Å². The lowest BCUT2D eigenvalue weighted by atomic mass is 9.95. The fourth-order valence-corrected chi connectivity index (χ4v) is 4.32. The summed E-state index contributed by atoms with van der Waals surface area (Å²) < 4.78 is 35.0. The highest BCUT2D eigenvalue weighted by Gasteiger charge is 2.19. The Balaban J connectivity index is 2.01. The summed E-state index contributed by atoms with van der Waals surface area (Å²) in [6.45, 7) is 2.08. The molecule has 1 heterocycles. The highest BCUT2D eigenvalue weighted by molar-refractivity contribution is 7.89. The minimum absolute atomic E-state index is 0.0133. The van der Waals surface area contributed by atoms with Crippen LogP contribution in [0.5, 0.6) is 5.75 Å². The molecule has 1 aromatic heterocycles. The fraction of sp³-hybridized carbons (Fsp3) is 0.160. The molecular formula is C25H23NO5S. The van der Waals surface area contributed by atoms with Crippen molar-refractivity contribution in [2.75, 3.05) is 7.11 Å². The van der Waals surface area contributed by atoms with Crippen LogP contribution in [0, 0.1) is 0 Å². The van der Waals surface area contributed by atoms with Gasteiger partial charge in [-0.3, -0.25) is 4.79 Å². The van der Waals surface area contributed by atoms with Gasteiger partial charge in [-0.05, 0) is 66.1 Å². The van der Waals surface area contributed by atoms with Gasteiger partial charge in [0.25, 0.3) is 0 Å². The molecular weight excluding hydrogens is 426 g/mol. The summed E-state index contributed by atoms with van der Waals surface area (Å²) >= 11 is 0. The molecule has 164 valence electrons. The first-order chi connectivity index (χ1) is 15.3. The number of rotatable bonds is 6. The predicted molar refractivity (Wildman–Crippen MR) is 125 cm³/mol. The van der Waals surface area contributed by atoms with E-state index in [2.05, 4.69) is 6.92 Å². The molecule has 6 nitrogen and oxygen atoms in total. The Morgan fingerprint density at radius 1 is 0.969 bits per heavy atom. The number of para-hydroxylation sites is 1. The van der Waals surface area contributed by atoms with Gasteiger partial charge in [-0.2, -0.15) is 0 Å². The number of hydrogen-bond donors (Lipinski definition) is 1. The normalized spacial score (nSPS) is 11.6. The lowest BCUT2D eigenvalue weighted by Gasteiger charge is -2.14. The second-order valence-corrected chi connectivity index (χ2v) is 9.04. The maximum Gasteiger partial charge on any atom is 0.238 e. The van der Waals surface area contributed by atoms with Crippen LogP contribution < -0.4 is 15.3 Å². The van der Waals surface area contributed by atoms with Crippen LogP contribution in [0.4, 0.5) is 0 Å². The van der Waals surface area contributed by atoms with Gasteiger partial charge in [-0.15, -0.1) is 0 Å². The van der Waals surface area contributed by atoms with Crippen LogP contribution in [0.25, 0.3) is 33.4 Å². The van der Waals surface area contributed by atoms with Crippen molar-refractivity contribution in [2.24, 2.45) is 5.14 Å². The molecule has 3 aromatic carbocycles. The van der Waals surface area contributed by atoms with E-state index in [9.17, 15) is 13.2 Å². The van der Waals surface area contributed by atoms with Gasteiger partial charge in [0.05, 0.1) is 23.0 Å². The van der Waals surface area contributed by atoms with Gasteiger partial charge in [-0.1, -0.05) is 31.5 Å². The minimum Gasteiger partial charge on any atom is -0.496 e. The van der Waals surface area contributed by atoms with Crippen LogP contribution in [0.3, 0.4) is 0 Å². The van der Waals surface area contributed by atoms with Crippen LogP contribution in [0.1, 0.15) is 18.9 Å². The van der Waals surface area contributed by atoms with Gasteiger partial charge < -0.3 is 9.15 Å². The van der Waals surface area contributed by atoms with Gasteiger partial charge in [0, 0.05) is 5.56 Å². The van der Waals surface area contributed by atoms with Crippen molar-refractivity contribution in [3.8, 4) is 28.2 Å². The standard InChI is InChI=1S/C25H23NO5S/c1-3-6-17-15-18(11-14-21(17)30-2)23-24(27)20-7-4-5-8-22(20)31-25(23)16-9-12-19(13-10-16)32(26,28)29/h4-5,7-15H,3,6H2,1-2H3,(H2,26,28,29). The van der Waals surface area contributed by atoms with Gasteiger partial charge in [-0.25, -0.2) is 13.6 Å². The summed E-state index contributed by atoms with van der Waals surface area (Å²) in [6.07, 6.45) is 1.72. The lowest BCUT2D eigenvalue weighted by Crippen LogP contribution is -2.12. The van der Waals surface area contributed by atoms with E-state index in [4.69, 9.17) is 14.3 Å². The third kappa shape index (κ3) is 4.04. The van der Waals surface area contributed by atoms with E-state index in [1.54, 1.807) is 43.5 Å². The molecule has 0 unspecified atom stereocenters. The zero-order valence-electron chi connectivity index (χ0n) is 17.8. The van der Waals surface area contributed by atoms with Crippen molar-refractivity contribution in [3.63, 3.8) is 0 Å². The van der Waals surface area contributed by atoms with Crippen molar-refractivity contribution in [3.05, 3.63) is 82.5 Å². The molecule has 0 fully saturated rings. The fourth-order valence-electron chi connectivity index (χ4n) is 3.80. The number of fused-ring (bicyclic) bond motifs is 1. The summed E-state index contributed by atoms with van der Waals surface area (Å²) in [7, 11) is -2.21. The smallest absolute Gasteiger partial charge is 0.238 e. The Morgan fingerprint density at radius 3 is 2.31 bits per heavy atom. The lowest BCUT2D eigenvalue weighted by molar-refractivity contribution is 0.409. The van der Waals surface area contributed by atoms with Gasteiger partial charge >= 0.3 is 0 Å². The molecule has 0 aliphatic heterocycles. The first kappa shape index (κ1) is 21.8. The van der Waals surface area contributed by atoms with E-state index < -0.39 is 10.0 Å². The van der Waals surface area contributed by atoms with Crippen molar-refractivity contribution < 1.29 is 17.6 Å². The molecule has 0 aliphatic carbocycles. The number of ether oxygens (including phenoxy) is 1. The molecule has 0 saturated carbocycles. The third-order valence-corrected chi connectivity index (χ3v) is 6.26. The van der Waals surface area contributed by atoms with Crippen LogP contribution >= 0.6 is 0 Å². The first-order valence-corrected chi connectivity index (χ1v) is 11.7.